The number of hydrogen-bond donors (Lipinski definition) is 1. The number of benzene rings is 1. The van der Waals surface area contributed by atoms with E-state index >= 15 is 0 Å². The number of carbonyl (C=O) groups is 1. The van der Waals surface area contributed by atoms with Gasteiger partial charge in [-0.05, 0) is 18.9 Å². The van der Waals surface area contributed by atoms with Crippen LogP contribution in [-0.2, 0) is 11.2 Å². The van der Waals surface area contributed by atoms with Crippen LogP contribution in [0.3, 0.4) is 0 Å². The number of carbonyl (C=O) groups excluding carboxylic acids is 1. The van der Waals surface area contributed by atoms with E-state index < -0.39 is 0 Å². The summed E-state index contributed by atoms with van der Waals surface area (Å²) in [6.45, 7) is 2.82. The molecule has 1 N–H and O–H groups in total. The highest BCUT2D eigenvalue weighted by Gasteiger charge is 2.41. The van der Waals surface area contributed by atoms with Gasteiger partial charge in [-0.1, -0.05) is 30.3 Å². The minimum atomic E-state index is -0.165. The van der Waals surface area contributed by atoms with Crippen molar-refractivity contribution in [1.29, 1.82) is 0 Å². The van der Waals surface area contributed by atoms with Gasteiger partial charge in [0.25, 0.3) is 0 Å². The van der Waals surface area contributed by atoms with Crippen LogP contribution >= 0.6 is 0 Å². The van der Waals surface area contributed by atoms with Crippen LogP contribution in [0.15, 0.2) is 30.3 Å². The minimum Gasteiger partial charge on any atom is -0.354 e. The van der Waals surface area contributed by atoms with Crippen molar-refractivity contribution in [3.8, 4) is 0 Å². The number of β-lactam (4-membered cyclic amide) rings is 1. The molecule has 0 saturated carbocycles. The normalized spacial score (nSPS) is 26.4. The molecule has 2 nitrogen and oxygen atoms in total. The van der Waals surface area contributed by atoms with Crippen LogP contribution < -0.4 is 5.32 Å². The Bertz CT molecular complexity index is 320. The molecule has 1 amide bonds. The average molecular weight is 175 g/mol. The van der Waals surface area contributed by atoms with Crippen LogP contribution in [0.5, 0.6) is 0 Å². The zero-order chi connectivity index (χ0) is 9.31. The van der Waals surface area contributed by atoms with Gasteiger partial charge in [0.15, 0.2) is 0 Å². The van der Waals surface area contributed by atoms with Gasteiger partial charge in [0, 0.05) is 6.54 Å². The van der Waals surface area contributed by atoms with Crippen molar-refractivity contribution in [1.82, 2.24) is 5.32 Å². The molecule has 13 heavy (non-hydrogen) atoms. The van der Waals surface area contributed by atoms with Gasteiger partial charge in [0.1, 0.15) is 0 Å². The molecule has 0 radical (unpaired) electrons. The van der Waals surface area contributed by atoms with Crippen LogP contribution in [0.2, 0.25) is 0 Å². The number of amides is 1. The number of hydrogen-bond acceptors (Lipinski definition) is 1. The Kier molecular flexibility index (Phi) is 1.83. The average Bonchev–Trinajstić information content (AvgIpc) is 2.17. The zero-order valence-electron chi connectivity index (χ0n) is 7.71. The Hall–Kier alpha value is -1.31. The summed E-state index contributed by atoms with van der Waals surface area (Å²) < 4.78 is 0. The Balaban J connectivity index is 2.11. The van der Waals surface area contributed by atoms with Gasteiger partial charge >= 0.3 is 0 Å². The van der Waals surface area contributed by atoms with E-state index in [0.29, 0.717) is 0 Å². The first-order valence-electron chi connectivity index (χ1n) is 4.53. The van der Waals surface area contributed by atoms with Crippen molar-refractivity contribution in [3.05, 3.63) is 35.9 Å². The van der Waals surface area contributed by atoms with E-state index in [0.717, 1.165) is 13.0 Å². The lowest BCUT2D eigenvalue weighted by molar-refractivity contribution is -0.138. The molecule has 0 aliphatic carbocycles. The summed E-state index contributed by atoms with van der Waals surface area (Å²) in [5.41, 5.74) is 1.07. The highest BCUT2D eigenvalue weighted by atomic mass is 16.2. The third-order valence-electron chi connectivity index (χ3n) is 2.62. The Morgan fingerprint density at radius 2 is 2.08 bits per heavy atom. The Morgan fingerprint density at radius 1 is 1.38 bits per heavy atom. The maximum Gasteiger partial charge on any atom is 0.228 e. The second-order valence-corrected chi connectivity index (χ2v) is 3.91. The molecule has 1 atom stereocenters. The molecule has 1 aliphatic heterocycles. The first-order valence-corrected chi connectivity index (χ1v) is 4.53. The van der Waals surface area contributed by atoms with Gasteiger partial charge in [-0.3, -0.25) is 4.79 Å². The molecule has 1 aliphatic rings. The lowest BCUT2D eigenvalue weighted by atomic mass is 9.77. The van der Waals surface area contributed by atoms with E-state index in [-0.39, 0.29) is 11.3 Å². The van der Waals surface area contributed by atoms with Gasteiger partial charge in [-0.15, -0.1) is 0 Å². The van der Waals surface area contributed by atoms with Crippen LogP contribution in [0.4, 0.5) is 0 Å². The van der Waals surface area contributed by atoms with E-state index in [4.69, 9.17) is 0 Å². The first-order chi connectivity index (χ1) is 6.21. The van der Waals surface area contributed by atoms with Gasteiger partial charge in [-0.2, -0.15) is 0 Å². The van der Waals surface area contributed by atoms with E-state index in [1.807, 2.05) is 25.1 Å². The monoisotopic (exact) mass is 175 g/mol. The van der Waals surface area contributed by atoms with Gasteiger partial charge in [0.2, 0.25) is 5.91 Å². The highest BCUT2D eigenvalue weighted by molar-refractivity contribution is 5.88. The Labute approximate surface area is 78.0 Å². The van der Waals surface area contributed by atoms with Crippen molar-refractivity contribution in [3.63, 3.8) is 0 Å². The predicted octanol–water partition coefficient (Wildman–Crippen LogP) is 1.37. The fourth-order valence-electron chi connectivity index (χ4n) is 1.65. The largest absolute Gasteiger partial charge is 0.354 e. The molecule has 1 saturated heterocycles. The summed E-state index contributed by atoms with van der Waals surface area (Å²) in [5.74, 6) is 0.177. The molecule has 1 unspecified atom stereocenters. The third kappa shape index (κ3) is 1.44. The van der Waals surface area contributed by atoms with Gasteiger partial charge < -0.3 is 5.32 Å². The molecule has 2 rings (SSSR count). The fraction of sp³-hybridized carbons (Fsp3) is 0.364. The maximum absolute atomic E-state index is 11.2. The van der Waals surface area contributed by atoms with Crippen LogP contribution in [0, 0.1) is 5.41 Å². The number of rotatable bonds is 2. The summed E-state index contributed by atoms with van der Waals surface area (Å²) in [7, 11) is 0. The topological polar surface area (TPSA) is 29.1 Å². The molecular weight excluding hydrogens is 162 g/mol. The van der Waals surface area contributed by atoms with Crippen molar-refractivity contribution in [2.75, 3.05) is 6.54 Å². The molecule has 1 aromatic carbocycles. The summed E-state index contributed by atoms with van der Waals surface area (Å²) in [6.07, 6.45) is 0.847. The lowest BCUT2D eigenvalue weighted by Crippen LogP contribution is -2.58. The van der Waals surface area contributed by atoms with Crippen molar-refractivity contribution in [2.45, 2.75) is 13.3 Å². The van der Waals surface area contributed by atoms with Gasteiger partial charge in [-0.25, -0.2) is 0 Å². The molecule has 0 spiro atoms. The zero-order valence-corrected chi connectivity index (χ0v) is 7.71. The Morgan fingerprint density at radius 3 is 2.54 bits per heavy atom. The lowest BCUT2D eigenvalue weighted by Gasteiger charge is -2.37. The third-order valence-corrected chi connectivity index (χ3v) is 2.62. The summed E-state index contributed by atoms with van der Waals surface area (Å²) >= 11 is 0. The van der Waals surface area contributed by atoms with E-state index in [2.05, 4.69) is 17.4 Å². The smallest absolute Gasteiger partial charge is 0.228 e. The van der Waals surface area contributed by atoms with Crippen molar-refractivity contribution in [2.24, 2.45) is 5.41 Å². The molecular formula is C11H13NO. The molecule has 0 bridgehead atoms. The standard InChI is InChI=1S/C11H13NO/c1-11(8-12-10(11)13)7-9-5-3-2-4-6-9/h2-6H,7-8H2,1H3,(H,12,13). The van der Waals surface area contributed by atoms with E-state index in [1.165, 1.54) is 5.56 Å². The molecule has 0 aromatic heterocycles. The second kappa shape index (κ2) is 2.87. The quantitative estimate of drug-likeness (QED) is 0.676. The van der Waals surface area contributed by atoms with E-state index in [9.17, 15) is 4.79 Å². The molecule has 1 fully saturated rings. The van der Waals surface area contributed by atoms with Gasteiger partial charge in [0.05, 0.1) is 5.41 Å². The summed E-state index contributed by atoms with van der Waals surface area (Å²) in [6, 6.07) is 10.1. The van der Waals surface area contributed by atoms with Crippen molar-refractivity contribution < 1.29 is 4.79 Å². The number of nitrogens with one attached hydrogen (secondary N) is 1. The fourth-order valence-corrected chi connectivity index (χ4v) is 1.65. The van der Waals surface area contributed by atoms with Crippen LogP contribution in [0.25, 0.3) is 0 Å². The second-order valence-electron chi connectivity index (χ2n) is 3.91. The predicted molar refractivity (Wildman–Crippen MR) is 51.3 cm³/mol. The SMILES string of the molecule is CC1(Cc2ccccc2)CNC1=O. The molecule has 1 heterocycles. The minimum absolute atomic E-state index is 0.165. The van der Waals surface area contributed by atoms with Crippen LogP contribution in [0.1, 0.15) is 12.5 Å². The van der Waals surface area contributed by atoms with Crippen LogP contribution in [-0.4, -0.2) is 12.5 Å². The van der Waals surface area contributed by atoms with E-state index in [1.54, 1.807) is 0 Å². The maximum atomic E-state index is 11.2. The highest BCUT2D eigenvalue weighted by Crippen LogP contribution is 2.27. The molecule has 2 heteroatoms. The molecule has 1 aromatic rings. The summed E-state index contributed by atoms with van der Waals surface area (Å²) in [4.78, 5) is 11.2. The summed E-state index contributed by atoms with van der Waals surface area (Å²) in [5, 5.41) is 2.78. The molecule has 68 valence electrons. The van der Waals surface area contributed by atoms with Crippen molar-refractivity contribution >= 4 is 5.91 Å². The first kappa shape index (κ1) is 8.30.